The van der Waals surface area contributed by atoms with Gasteiger partial charge in [0.15, 0.2) is 0 Å². The predicted octanol–water partition coefficient (Wildman–Crippen LogP) is 10.7. The number of amidine groups is 2. The average Bonchev–Trinajstić information content (AvgIpc) is 4.02. The number of aliphatic imine (C=N–C) groups is 2. The molecule has 74 heavy (non-hydrogen) atoms. The van der Waals surface area contributed by atoms with E-state index in [2.05, 4.69) is 209 Å². The molecule has 12 nitrogen and oxygen atoms in total. The number of nitrogens with one attached hydrogen (secondary N) is 6. The number of nitrogens with zero attached hydrogens (tertiary/aromatic N) is 6. The quantitative estimate of drug-likeness (QED) is 0.0843. The van der Waals surface area contributed by atoms with Crippen molar-refractivity contribution in [1.29, 1.82) is 0 Å². The van der Waals surface area contributed by atoms with Crippen LogP contribution < -0.4 is 31.9 Å². The molecule has 0 amide bonds. The minimum absolute atomic E-state index is 0.102. The van der Waals surface area contributed by atoms with Crippen molar-refractivity contribution in [2.45, 2.75) is 24.7 Å². The van der Waals surface area contributed by atoms with E-state index in [1.165, 1.54) is 38.2 Å². The van der Waals surface area contributed by atoms with E-state index in [0.717, 1.165) is 79.5 Å². The number of dihydropyridines is 2. The van der Waals surface area contributed by atoms with Crippen LogP contribution in [0.2, 0.25) is 0 Å². The van der Waals surface area contributed by atoms with Gasteiger partial charge in [0.2, 0.25) is 0 Å². The third-order valence-corrected chi connectivity index (χ3v) is 14.6. The van der Waals surface area contributed by atoms with Crippen LogP contribution in [0, 0.1) is 0 Å². The first-order chi connectivity index (χ1) is 36.7. The standard InChI is InChI=1S/C62H50N12/c1-3-15-53-49(13-1)51-33-41(21-27-55(51)73(53)47-23-17-39(18-24-47)57-67-59(43-9-5-29-63-35-43)71-60(68-57)44-10-6-30-64-36-44)42-22-28-56-52(34-42)50-14-2-4-16-54(50)74(56)48-25-19-40(20-26-48)58-69-61(45-11-7-31-65-37-45)72-62(70-58)46-12-8-32-66-38-46/h1-35,37,57,59,61-62,64,66-67,72H,36,38H2,(H,69,70)(H,68,71). The van der Waals surface area contributed by atoms with Gasteiger partial charge in [0, 0.05) is 93.1 Å². The Hall–Kier alpha value is -9.36. The lowest BCUT2D eigenvalue weighted by Crippen LogP contribution is -2.53. The number of fused-ring (bicyclic) bond motifs is 6. The highest BCUT2D eigenvalue weighted by Crippen LogP contribution is 2.39. The van der Waals surface area contributed by atoms with E-state index >= 15 is 0 Å². The van der Waals surface area contributed by atoms with Gasteiger partial charge in [-0.3, -0.25) is 20.6 Å². The third kappa shape index (κ3) is 7.80. The zero-order chi connectivity index (χ0) is 49.0. The number of benzene rings is 6. The summed E-state index contributed by atoms with van der Waals surface area (Å²) in [6.45, 7) is 1.45. The van der Waals surface area contributed by atoms with Gasteiger partial charge in [-0.05, 0) is 132 Å². The van der Waals surface area contributed by atoms with Crippen LogP contribution in [0.1, 0.15) is 40.8 Å². The maximum Gasteiger partial charge on any atom is 0.131 e. The van der Waals surface area contributed by atoms with Gasteiger partial charge in [-0.25, -0.2) is 9.98 Å². The van der Waals surface area contributed by atoms with Crippen LogP contribution in [0.5, 0.6) is 0 Å². The fourth-order valence-electron chi connectivity index (χ4n) is 11.0. The van der Waals surface area contributed by atoms with Crippen molar-refractivity contribution in [2.24, 2.45) is 9.98 Å². The van der Waals surface area contributed by atoms with Gasteiger partial charge in [-0.2, -0.15) is 0 Å². The molecule has 0 saturated heterocycles. The molecule has 4 atom stereocenters. The predicted molar refractivity (Wildman–Crippen MR) is 298 cm³/mol. The average molecular weight is 963 g/mol. The van der Waals surface area contributed by atoms with Gasteiger partial charge in [-0.15, -0.1) is 0 Å². The Bertz CT molecular complexity index is 3980. The Morgan fingerprint density at radius 1 is 0.432 bits per heavy atom. The number of hydrogen-bond acceptors (Lipinski definition) is 10. The molecule has 0 fully saturated rings. The second-order valence-corrected chi connectivity index (χ2v) is 19.0. The molecule has 10 aromatic rings. The summed E-state index contributed by atoms with van der Waals surface area (Å²) in [5, 5.41) is 26.2. The summed E-state index contributed by atoms with van der Waals surface area (Å²) < 4.78 is 4.75. The van der Waals surface area contributed by atoms with Gasteiger partial charge >= 0.3 is 0 Å². The second-order valence-electron chi connectivity index (χ2n) is 19.0. The summed E-state index contributed by atoms with van der Waals surface area (Å²) in [5.41, 5.74) is 15.6. The van der Waals surface area contributed by atoms with E-state index in [1.807, 2.05) is 49.1 Å². The van der Waals surface area contributed by atoms with Gasteiger partial charge in [0.25, 0.3) is 0 Å². The maximum absolute atomic E-state index is 5.19. The molecule has 4 aromatic heterocycles. The molecule has 6 N–H and O–H groups in total. The lowest BCUT2D eigenvalue weighted by Gasteiger charge is -2.33. The van der Waals surface area contributed by atoms with Crippen LogP contribution in [0.15, 0.2) is 240 Å². The van der Waals surface area contributed by atoms with Crippen LogP contribution in [0.3, 0.4) is 0 Å². The molecular weight excluding hydrogens is 913 g/mol. The monoisotopic (exact) mass is 962 g/mol. The molecule has 4 unspecified atom stereocenters. The highest BCUT2D eigenvalue weighted by atomic mass is 15.3. The van der Waals surface area contributed by atoms with E-state index in [9.17, 15) is 0 Å². The molecule has 0 radical (unpaired) electrons. The molecule has 12 heteroatoms. The zero-order valence-corrected chi connectivity index (χ0v) is 40.2. The molecular formula is C62H50N12. The number of allylic oxidation sites excluding steroid dienone is 4. The molecule has 4 aliphatic rings. The molecule has 0 saturated carbocycles. The Balaban J connectivity index is 0.785. The van der Waals surface area contributed by atoms with Crippen molar-refractivity contribution < 1.29 is 0 Å². The van der Waals surface area contributed by atoms with Crippen LogP contribution in [0.4, 0.5) is 0 Å². The number of rotatable bonds is 9. The highest BCUT2D eigenvalue weighted by molar-refractivity contribution is 6.13. The van der Waals surface area contributed by atoms with E-state index in [1.54, 1.807) is 12.4 Å². The molecule has 4 aliphatic heterocycles. The van der Waals surface area contributed by atoms with Crippen molar-refractivity contribution in [1.82, 2.24) is 51.0 Å². The normalized spacial score (nSPS) is 19.5. The Morgan fingerprint density at radius 2 is 0.973 bits per heavy atom. The summed E-state index contributed by atoms with van der Waals surface area (Å²) in [7, 11) is 0. The van der Waals surface area contributed by atoms with Gasteiger partial charge in [-0.1, -0.05) is 84.9 Å². The van der Waals surface area contributed by atoms with Crippen molar-refractivity contribution in [3.05, 3.63) is 253 Å². The summed E-state index contributed by atoms with van der Waals surface area (Å²) in [6, 6.07) is 56.9. The van der Waals surface area contributed by atoms with Crippen molar-refractivity contribution in [3.63, 3.8) is 0 Å². The van der Waals surface area contributed by atoms with E-state index in [-0.39, 0.29) is 24.7 Å². The van der Waals surface area contributed by atoms with Crippen molar-refractivity contribution >= 4 is 55.3 Å². The second kappa shape index (κ2) is 18.4. The largest absolute Gasteiger partial charge is 0.387 e. The number of aromatic nitrogens is 4. The van der Waals surface area contributed by atoms with Crippen LogP contribution >= 0.6 is 0 Å². The Morgan fingerprint density at radius 3 is 1.58 bits per heavy atom. The van der Waals surface area contributed by atoms with E-state index in [4.69, 9.17) is 9.98 Å². The van der Waals surface area contributed by atoms with Crippen LogP contribution in [-0.4, -0.2) is 50.0 Å². The summed E-state index contributed by atoms with van der Waals surface area (Å²) >= 11 is 0. The van der Waals surface area contributed by atoms with Crippen molar-refractivity contribution in [3.8, 4) is 22.5 Å². The lowest BCUT2D eigenvalue weighted by molar-refractivity contribution is 0.407. The minimum Gasteiger partial charge on any atom is -0.387 e. The van der Waals surface area contributed by atoms with Gasteiger partial charge in [0.05, 0.1) is 22.1 Å². The first-order valence-corrected chi connectivity index (χ1v) is 25.1. The Labute approximate surface area is 427 Å². The summed E-state index contributed by atoms with van der Waals surface area (Å²) in [6.07, 6.45) is 18.9. The number of hydrogen-bond donors (Lipinski definition) is 6. The molecule has 0 spiro atoms. The topological polar surface area (TPSA) is 133 Å². The first-order valence-electron chi connectivity index (χ1n) is 25.1. The van der Waals surface area contributed by atoms with E-state index < -0.39 is 0 Å². The van der Waals surface area contributed by atoms with E-state index in [0.29, 0.717) is 6.54 Å². The number of pyridine rings is 2. The minimum atomic E-state index is -0.261. The molecule has 0 aliphatic carbocycles. The van der Waals surface area contributed by atoms with Gasteiger partial charge in [0.1, 0.15) is 36.3 Å². The fourth-order valence-corrected chi connectivity index (χ4v) is 11.0. The lowest BCUT2D eigenvalue weighted by atomic mass is 10.0. The molecule has 8 heterocycles. The molecule has 358 valence electrons. The Kier molecular flexibility index (Phi) is 10.8. The summed E-state index contributed by atoms with van der Waals surface area (Å²) in [5.74, 6) is 1.70. The SMILES string of the molecule is C1=CNCC(C2=NC(c3ccc(-n4c5ccccc5c5cc(-c6ccc7c(c6)c6ccccc6n7-c6ccc(C7=NC(c8cccnc8)NC(C8=CC=CNC8)N7)cc6)ccc54)cc3)NC(c3cccnc3)N2)=C1. The fraction of sp³-hybridized carbons (Fsp3) is 0.0968. The smallest absolute Gasteiger partial charge is 0.131 e. The van der Waals surface area contributed by atoms with Crippen LogP contribution in [-0.2, 0) is 0 Å². The van der Waals surface area contributed by atoms with Crippen molar-refractivity contribution in [2.75, 3.05) is 13.1 Å². The number of para-hydroxylation sites is 2. The third-order valence-electron chi connectivity index (χ3n) is 14.6. The summed E-state index contributed by atoms with van der Waals surface area (Å²) in [4.78, 5) is 19.1. The molecule has 14 rings (SSSR count). The first kappa shape index (κ1) is 43.4. The van der Waals surface area contributed by atoms with Crippen LogP contribution in [0.25, 0.3) is 66.1 Å². The maximum atomic E-state index is 5.19. The highest BCUT2D eigenvalue weighted by Gasteiger charge is 2.29. The zero-order valence-electron chi connectivity index (χ0n) is 40.2. The van der Waals surface area contributed by atoms with Gasteiger partial charge < -0.3 is 30.4 Å². The molecule has 0 bridgehead atoms. The molecule has 6 aromatic carbocycles.